The molecule has 0 spiro atoms. The molecule has 1 atom stereocenters. The van der Waals surface area contributed by atoms with Gasteiger partial charge in [0.15, 0.2) is 5.82 Å². The summed E-state index contributed by atoms with van der Waals surface area (Å²) in [6, 6.07) is 25.8. The molecule has 0 fully saturated rings. The van der Waals surface area contributed by atoms with E-state index in [0.29, 0.717) is 22.9 Å². The third-order valence-corrected chi connectivity index (χ3v) is 5.02. The molecule has 4 rings (SSSR count). The van der Waals surface area contributed by atoms with Gasteiger partial charge in [0.2, 0.25) is 0 Å². The first-order valence-corrected chi connectivity index (χ1v) is 9.68. The van der Waals surface area contributed by atoms with Crippen LogP contribution in [0.1, 0.15) is 35.3 Å². The lowest BCUT2D eigenvalue weighted by Gasteiger charge is -2.19. The van der Waals surface area contributed by atoms with Crippen molar-refractivity contribution in [3.05, 3.63) is 102 Å². The van der Waals surface area contributed by atoms with Crippen LogP contribution in [0.5, 0.6) is 0 Å². The topological polar surface area (TPSA) is 42.0 Å². The molecule has 144 valence electrons. The van der Waals surface area contributed by atoms with Crippen molar-refractivity contribution in [3.8, 4) is 11.3 Å². The predicted octanol–water partition coefficient (Wildman–Crippen LogP) is 5.92. The third kappa shape index (κ3) is 3.74. The van der Waals surface area contributed by atoms with E-state index in [4.69, 9.17) is 0 Å². The number of carbonyl (C=O) groups excluding carboxylic acids is 1. The molecule has 1 N–H and O–H groups in total. The summed E-state index contributed by atoms with van der Waals surface area (Å²) >= 11 is 0. The zero-order valence-electron chi connectivity index (χ0n) is 16.1. The molecule has 1 aromatic heterocycles. The highest BCUT2D eigenvalue weighted by molar-refractivity contribution is 6.07. The Morgan fingerprint density at radius 2 is 1.55 bits per heavy atom. The molecular weight excluding hydrogens is 363 g/mol. The van der Waals surface area contributed by atoms with Crippen molar-refractivity contribution in [1.82, 2.24) is 10.3 Å². The van der Waals surface area contributed by atoms with Crippen LogP contribution in [0, 0.1) is 5.82 Å². The maximum absolute atomic E-state index is 15.6. The summed E-state index contributed by atoms with van der Waals surface area (Å²) in [5.41, 5.74) is 2.43. The van der Waals surface area contributed by atoms with Gasteiger partial charge in [-0.3, -0.25) is 4.79 Å². The molecule has 3 aromatic carbocycles. The maximum Gasteiger partial charge on any atom is 0.255 e. The average molecular weight is 384 g/mol. The summed E-state index contributed by atoms with van der Waals surface area (Å²) < 4.78 is 15.6. The first-order chi connectivity index (χ1) is 14.2. The number of halogens is 1. The lowest BCUT2D eigenvalue weighted by atomic mass is 10.0. The fourth-order valence-electron chi connectivity index (χ4n) is 3.53. The lowest BCUT2D eigenvalue weighted by Crippen LogP contribution is -2.29. The molecule has 0 aliphatic carbocycles. The third-order valence-electron chi connectivity index (χ3n) is 5.02. The van der Waals surface area contributed by atoms with Gasteiger partial charge in [-0.1, -0.05) is 85.8 Å². The Morgan fingerprint density at radius 3 is 2.24 bits per heavy atom. The zero-order chi connectivity index (χ0) is 20.2. The number of carbonyl (C=O) groups is 1. The van der Waals surface area contributed by atoms with Crippen LogP contribution in [0.4, 0.5) is 4.39 Å². The second-order valence-electron chi connectivity index (χ2n) is 6.88. The molecule has 1 heterocycles. The van der Waals surface area contributed by atoms with Gasteiger partial charge in [0.1, 0.15) is 5.69 Å². The van der Waals surface area contributed by atoms with E-state index in [1.807, 2.05) is 61.5 Å². The van der Waals surface area contributed by atoms with E-state index < -0.39 is 11.7 Å². The molecule has 29 heavy (non-hydrogen) atoms. The molecule has 4 heteroatoms. The van der Waals surface area contributed by atoms with E-state index >= 15 is 4.39 Å². The number of para-hydroxylation sites is 1. The molecule has 0 unspecified atom stereocenters. The minimum Gasteiger partial charge on any atom is -0.345 e. The first-order valence-electron chi connectivity index (χ1n) is 9.68. The largest absolute Gasteiger partial charge is 0.345 e. The van der Waals surface area contributed by atoms with E-state index in [9.17, 15) is 4.79 Å². The van der Waals surface area contributed by atoms with Crippen LogP contribution in [0.15, 0.2) is 84.9 Å². The van der Waals surface area contributed by atoms with Crippen molar-refractivity contribution in [1.29, 1.82) is 0 Å². The van der Waals surface area contributed by atoms with Crippen molar-refractivity contribution < 1.29 is 9.18 Å². The molecule has 0 radical (unpaired) electrons. The van der Waals surface area contributed by atoms with Crippen LogP contribution in [-0.2, 0) is 0 Å². The summed E-state index contributed by atoms with van der Waals surface area (Å²) in [6.07, 6.45) is 0.700. The van der Waals surface area contributed by atoms with Crippen LogP contribution < -0.4 is 5.32 Å². The standard InChI is InChI=1S/C25H21FN2O/c1-2-20(17-11-5-3-6-12-17)28-25(29)22-19-15-9-10-16-21(19)27-24(23(22)26)18-13-7-4-8-14-18/h3-16,20H,2H2,1H3,(H,28,29)/t20-/m1/s1. The highest BCUT2D eigenvalue weighted by atomic mass is 19.1. The van der Waals surface area contributed by atoms with Gasteiger partial charge in [-0.15, -0.1) is 0 Å². The lowest BCUT2D eigenvalue weighted by molar-refractivity contribution is 0.0933. The number of hydrogen-bond acceptors (Lipinski definition) is 2. The number of pyridine rings is 1. The zero-order valence-corrected chi connectivity index (χ0v) is 16.1. The summed E-state index contributed by atoms with van der Waals surface area (Å²) in [6.45, 7) is 1.99. The maximum atomic E-state index is 15.6. The number of benzene rings is 3. The highest BCUT2D eigenvalue weighted by Gasteiger charge is 2.23. The van der Waals surface area contributed by atoms with Crippen LogP contribution in [-0.4, -0.2) is 10.9 Å². The van der Waals surface area contributed by atoms with Crippen molar-refractivity contribution in [2.75, 3.05) is 0 Å². The molecule has 0 saturated carbocycles. The fraction of sp³-hybridized carbons (Fsp3) is 0.120. The van der Waals surface area contributed by atoms with Gasteiger partial charge in [-0.25, -0.2) is 9.37 Å². The van der Waals surface area contributed by atoms with Crippen molar-refractivity contribution in [3.63, 3.8) is 0 Å². The number of amides is 1. The van der Waals surface area contributed by atoms with Crippen LogP contribution in [0.25, 0.3) is 22.2 Å². The Hall–Kier alpha value is -3.53. The Labute approximate surface area is 169 Å². The number of hydrogen-bond donors (Lipinski definition) is 1. The van der Waals surface area contributed by atoms with Gasteiger partial charge in [-0.2, -0.15) is 0 Å². The van der Waals surface area contributed by atoms with Gasteiger partial charge >= 0.3 is 0 Å². The van der Waals surface area contributed by atoms with Crippen molar-refractivity contribution in [2.24, 2.45) is 0 Å². The van der Waals surface area contributed by atoms with Crippen molar-refractivity contribution in [2.45, 2.75) is 19.4 Å². The number of aromatic nitrogens is 1. The van der Waals surface area contributed by atoms with Crippen LogP contribution in [0.3, 0.4) is 0 Å². The van der Waals surface area contributed by atoms with Gasteiger partial charge in [-0.05, 0) is 18.1 Å². The number of nitrogens with one attached hydrogen (secondary N) is 1. The van der Waals surface area contributed by atoms with E-state index in [0.717, 1.165) is 5.56 Å². The second-order valence-corrected chi connectivity index (χ2v) is 6.88. The van der Waals surface area contributed by atoms with Gasteiger partial charge in [0, 0.05) is 10.9 Å². The van der Waals surface area contributed by atoms with Gasteiger partial charge in [0.25, 0.3) is 5.91 Å². The number of nitrogens with zero attached hydrogens (tertiary/aromatic N) is 1. The van der Waals surface area contributed by atoms with Crippen LogP contribution >= 0.6 is 0 Å². The summed E-state index contributed by atoms with van der Waals surface area (Å²) in [5.74, 6) is -1.04. The van der Waals surface area contributed by atoms with E-state index in [-0.39, 0.29) is 17.3 Å². The SMILES string of the molecule is CC[C@@H](NC(=O)c1c(F)c(-c2ccccc2)nc2ccccc12)c1ccccc1. The number of fused-ring (bicyclic) bond motifs is 1. The molecule has 0 bridgehead atoms. The highest BCUT2D eigenvalue weighted by Crippen LogP contribution is 2.29. The fourth-order valence-corrected chi connectivity index (χ4v) is 3.53. The Balaban J connectivity index is 1.82. The van der Waals surface area contributed by atoms with Gasteiger partial charge in [0.05, 0.1) is 17.1 Å². The molecule has 3 nitrogen and oxygen atoms in total. The number of rotatable bonds is 5. The van der Waals surface area contributed by atoms with E-state index in [1.165, 1.54) is 0 Å². The quantitative estimate of drug-likeness (QED) is 0.464. The molecule has 1 amide bonds. The minimum absolute atomic E-state index is 0.0313. The monoisotopic (exact) mass is 384 g/mol. The molecule has 0 saturated heterocycles. The average Bonchev–Trinajstić information content (AvgIpc) is 2.78. The molecular formula is C25H21FN2O. The second kappa shape index (κ2) is 8.23. The Bertz CT molecular complexity index is 1140. The summed E-state index contributed by atoms with van der Waals surface area (Å²) in [4.78, 5) is 17.7. The summed E-state index contributed by atoms with van der Waals surface area (Å²) in [7, 11) is 0. The molecule has 0 aliphatic rings. The first kappa shape index (κ1) is 18.8. The Morgan fingerprint density at radius 1 is 0.931 bits per heavy atom. The predicted molar refractivity (Wildman–Crippen MR) is 114 cm³/mol. The van der Waals surface area contributed by atoms with Crippen LogP contribution in [0.2, 0.25) is 0 Å². The smallest absolute Gasteiger partial charge is 0.255 e. The van der Waals surface area contributed by atoms with Gasteiger partial charge < -0.3 is 5.32 Å². The molecule has 0 aliphatic heterocycles. The summed E-state index contributed by atoms with van der Waals surface area (Å²) in [5, 5.41) is 3.51. The molecule has 4 aromatic rings. The van der Waals surface area contributed by atoms with E-state index in [1.54, 1.807) is 30.3 Å². The van der Waals surface area contributed by atoms with E-state index in [2.05, 4.69) is 10.3 Å². The minimum atomic E-state index is -0.602. The van der Waals surface area contributed by atoms with Crippen molar-refractivity contribution >= 4 is 16.8 Å². The Kier molecular flexibility index (Phi) is 5.34. The normalized spacial score (nSPS) is 11.9.